The maximum Gasteiger partial charge on any atom is 0.237 e. The van der Waals surface area contributed by atoms with Gasteiger partial charge in [0.1, 0.15) is 12.0 Å². The highest BCUT2D eigenvalue weighted by Crippen LogP contribution is 2.34. The Morgan fingerprint density at radius 2 is 1.70 bits per heavy atom. The molecule has 0 unspecified atom stereocenters. The molecule has 0 amide bonds. The lowest BCUT2D eigenvalue weighted by molar-refractivity contribution is -0.111. The lowest BCUT2D eigenvalue weighted by Crippen LogP contribution is -2.23. The molecular weight excluding hydrogens is 339 g/mol. The summed E-state index contributed by atoms with van der Waals surface area (Å²) in [6.45, 7) is 3.23. The molecule has 0 atom stereocenters. The fourth-order valence-electron chi connectivity index (χ4n) is 2.44. The number of Topliss-reactive ketones (excluding diaryl/α,β-unsaturated/α-hetero) is 2. The molecule has 6 heteroatoms. The molecule has 23 heavy (non-hydrogen) atoms. The van der Waals surface area contributed by atoms with E-state index in [-0.39, 0.29) is 27.5 Å². The number of furan rings is 1. The molecule has 0 spiro atoms. The number of ketones is 3. The van der Waals surface area contributed by atoms with E-state index in [2.05, 4.69) is 0 Å². The largest absolute Gasteiger partial charge is 0.463 e. The van der Waals surface area contributed by atoms with Crippen LogP contribution in [0.1, 0.15) is 45.9 Å². The summed E-state index contributed by atoms with van der Waals surface area (Å²) in [5.41, 5.74) is 1.19. The fourth-order valence-corrected chi connectivity index (χ4v) is 2.74. The smallest absolute Gasteiger partial charge is 0.237 e. The molecule has 1 aromatic carbocycles. The molecular formula is C17H10Cl2O4. The second kappa shape index (κ2) is 5.48. The predicted molar refractivity (Wildman–Crippen MR) is 86.2 cm³/mol. The number of benzene rings is 1. The Bertz CT molecular complexity index is 919. The minimum absolute atomic E-state index is 0.00849. The lowest BCUT2D eigenvalue weighted by Gasteiger charge is -2.12. The van der Waals surface area contributed by atoms with Crippen molar-refractivity contribution in [2.24, 2.45) is 0 Å². The monoisotopic (exact) mass is 348 g/mol. The van der Waals surface area contributed by atoms with Crippen LogP contribution >= 0.6 is 23.2 Å². The van der Waals surface area contributed by atoms with Crippen LogP contribution in [0.15, 0.2) is 34.5 Å². The van der Waals surface area contributed by atoms with E-state index >= 15 is 0 Å². The molecule has 0 fully saturated rings. The number of fused-ring (bicyclic) bond motifs is 1. The van der Waals surface area contributed by atoms with Crippen LogP contribution in [0.25, 0.3) is 5.57 Å². The first-order valence-electron chi connectivity index (χ1n) is 6.71. The van der Waals surface area contributed by atoms with E-state index < -0.39 is 17.3 Å². The summed E-state index contributed by atoms with van der Waals surface area (Å²) < 4.78 is 5.37. The van der Waals surface area contributed by atoms with Gasteiger partial charge in [-0.2, -0.15) is 0 Å². The Morgan fingerprint density at radius 1 is 1.00 bits per heavy atom. The molecule has 1 aliphatic rings. The Kier molecular flexibility index (Phi) is 3.74. The van der Waals surface area contributed by atoms with Gasteiger partial charge in [0.2, 0.25) is 11.6 Å². The van der Waals surface area contributed by atoms with Crippen molar-refractivity contribution in [2.75, 3.05) is 0 Å². The average molecular weight is 349 g/mol. The standard InChI is InChI=1S/C17H10Cl2O4/c1-7-8(2)17-13(16(22)14(7)20)10(6-23-17)15(21)9-3-4-11(18)12(19)5-9/h3-6H,1-2H3. The number of allylic oxidation sites excluding steroid dienone is 2. The second-order valence-electron chi connectivity index (χ2n) is 5.22. The predicted octanol–water partition coefficient (Wildman–Crippen LogP) is 4.38. The molecule has 2 aromatic rings. The van der Waals surface area contributed by atoms with Crippen LogP contribution in [0.4, 0.5) is 0 Å². The van der Waals surface area contributed by atoms with E-state index in [1.54, 1.807) is 13.8 Å². The van der Waals surface area contributed by atoms with Gasteiger partial charge in [0, 0.05) is 11.1 Å². The maximum absolute atomic E-state index is 12.6. The minimum Gasteiger partial charge on any atom is -0.463 e. The van der Waals surface area contributed by atoms with Crippen molar-refractivity contribution in [3.63, 3.8) is 0 Å². The van der Waals surface area contributed by atoms with E-state index in [1.165, 1.54) is 24.5 Å². The zero-order chi connectivity index (χ0) is 16.9. The van der Waals surface area contributed by atoms with Gasteiger partial charge >= 0.3 is 0 Å². The summed E-state index contributed by atoms with van der Waals surface area (Å²) >= 11 is 11.8. The highest BCUT2D eigenvalue weighted by atomic mass is 35.5. The third-order valence-electron chi connectivity index (χ3n) is 3.89. The van der Waals surface area contributed by atoms with Crippen molar-refractivity contribution in [1.29, 1.82) is 0 Å². The normalized spacial score (nSPS) is 14.3. The van der Waals surface area contributed by atoms with Crippen molar-refractivity contribution in [2.45, 2.75) is 13.8 Å². The molecule has 0 aliphatic heterocycles. The van der Waals surface area contributed by atoms with Crippen molar-refractivity contribution in [1.82, 2.24) is 0 Å². The van der Waals surface area contributed by atoms with Gasteiger partial charge in [-0.3, -0.25) is 14.4 Å². The summed E-state index contributed by atoms with van der Waals surface area (Å²) in [5.74, 6) is -1.56. The maximum atomic E-state index is 12.6. The number of hydrogen-bond acceptors (Lipinski definition) is 4. The molecule has 0 radical (unpaired) electrons. The van der Waals surface area contributed by atoms with Crippen molar-refractivity contribution in [3.05, 3.63) is 62.5 Å². The van der Waals surface area contributed by atoms with Crippen LogP contribution in [0, 0.1) is 0 Å². The summed E-state index contributed by atoms with van der Waals surface area (Å²) in [4.78, 5) is 36.9. The lowest BCUT2D eigenvalue weighted by atomic mass is 9.87. The number of carbonyl (C=O) groups excluding carboxylic acids is 3. The van der Waals surface area contributed by atoms with Crippen LogP contribution in [-0.2, 0) is 4.79 Å². The summed E-state index contributed by atoms with van der Waals surface area (Å²) in [6.07, 6.45) is 1.20. The molecule has 1 aromatic heterocycles. The van der Waals surface area contributed by atoms with Gasteiger partial charge in [-0.1, -0.05) is 23.2 Å². The fraction of sp³-hybridized carbons (Fsp3) is 0.118. The molecule has 4 nitrogen and oxygen atoms in total. The van der Waals surface area contributed by atoms with Gasteiger partial charge in [-0.05, 0) is 37.6 Å². The first-order valence-corrected chi connectivity index (χ1v) is 7.46. The van der Waals surface area contributed by atoms with E-state index in [9.17, 15) is 14.4 Å². The van der Waals surface area contributed by atoms with Crippen LogP contribution in [0.3, 0.4) is 0 Å². The summed E-state index contributed by atoms with van der Waals surface area (Å²) in [6, 6.07) is 4.40. The Hall–Kier alpha value is -2.17. The number of halogens is 2. The van der Waals surface area contributed by atoms with Crippen molar-refractivity contribution in [3.8, 4) is 0 Å². The third kappa shape index (κ3) is 2.35. The number of rotatable bonds is 2. The Morgan fingerprint density at radius 3 is 2.35 bits per heavy atom. The third-order valence-corrected chi connectivity index (χ3v) is 4.63. The second-order valence-corrected chi connectivity index (χ2v) is 6.03. The summed E-state index contributed by atoms with van der Waals surface area (Å²) in [5, 5.41) is 0.544. The van der Waals surface area contributed by atoms with E-state index in [0.29, 0.717) is 16.2 Å². The molecule has 1 aliphatic carbocycles. The van der Waals surface area contributed by atoms with E-state index in [4.69, 9.17) is 27.6 Å². The van der Waals surface area contributed by atoms with E-state index in [1.807, 2.05) is 0 Å². The zero-order valence-electron chi connectivity index (χ0n) is 12.2. The first-order chi connectivity index (χ1) is 10.8. The number of hydrogen-bond donors (Lipinski definition) is 0. The zero-order valence-corrected chi connectivity index (χ0v) is 13.7. The molecule has 0 saturated carbocycles. The molecule has 0 saturated heterocycles. The van der Waals surface area contributed by atoms with Gasteiger partial charge in [0.15, 0.2) is 5.78 Å². The highest BCUT2D eigenvalue weighted by Gasteiger charge is 2.35. The molecule has 0 N–H and O–H groups in total. The van der Waals surface area contributed by atoms with Crippen LogP contribution in [0.2, 0.25) is 10.0 Å². The highest BCUT2D eigenvalue weighted by molar-refractivity contribution is 6.53. The van der Waals surface area contributed by atoms with Gasteiger partial charge in [0.05, 0.1) is 21.2 Å². The first kappa shape index (κ1) is 15.7. The summed E-state index contributed by atoms with van der Waals surface area (Å²) in [7, 11) is 0. The number of carbonyl (C=O) groups is 3. The van der Waals surface area contributed by atoms with Gasteiger partial charge in [-0.15, -0.1) is 0 Å². The van der Waals surface area contributed by atoms with Gasteiger partial charge in [-0.25, -0.2) is 0 Å². The Labute approximate surface area is 141 Å². The molecule has 1 heterocycles. The minimum atomic E-state index is -0.736. The SMILES string of the molecule is CC1=C(C)c2occ(C(=O)c3ccc(Cl)c(Cl)c3)c2C(=O)C1=O. The van der Waals surface area contributed by atoms with Crippen molar-refractivity contribution >= 4 is 46.1 Å². The van der Waals surface area contributed by atoms with Crippen LogP contribution < -0.4 is 0 Å². The Balaban J connectivity index is 2.15. The molecule has 0 bridgehead atoms. The van der Waals surface area contributed by atoms with Crippen LogP contribution in [0.5, 0.6) is 0 Å². The molecule has 116 valence electrons. The van der Waals surface area contributed by atoms with E-state index in [0.717, 1.165) is 0 Å². The molecule has 3 rings (SSSR count). The van der Waals surface area contributed by atoms with Gasteiger partial charge < -0.3 is 4.42 Å². The van der Waals surface area contributed by atoms with Crippen LogP contribution in [-0.4, -0.2) is 17.3 Å². The topological polar surface area (TPSA) is 64.3 Å². The van der Waals surface area contributed by atoms with Crippen molar-refractivity contribution < 1.29 is 18.8 Å². The average Bonchev–Trinajstić information content (AvgIpc) is 2.97. The van der Waals surface area contributed by atoms with Gasteiger partial charge in [0.25, 0.3) is 0 Å². The quantitative estimate of drug-likeness (QED) is 0.596.